The van der Waals surface area contributed by atoms with Gasteiger partial charge in [-0.1, -0.05) is 26.2 Å². The van der Waals surface area contributed by atoms with E-state index < -0.39 is 17.1 Å². The number of aromatic nitrogens is 1. The van der Waals surface area contributed by atoms with Gasteiger partial charge in [0.2, 0.25) is 5.43 Å². The minimum Gasteiger partial charge on any atom is -0.503 e. The molecule has 8 heteroatoms. The van der Waals surface area contributed by atoms with Crippen molar-refractivity contribution in [3.63, 3.8) is 0 Å². The maximum Gasteiger partial charge on any atom is 0.306 e. The fourth-order valence-electron chi connectivity index (χ4n) is 2.54. The summed E-state index contributed by atoms with van der Waals surface area (Å²) in [7, 11) is 0. The topological polar surface area (TPSA) is 112 Å². The van der Waals surface area contributed by atoms with Gasteiger partial charge in [0.05, 0.1) is 13.0 Å². The zero-order valence-electron chi connectivity index (χ0n) is 15.5. The number of nitrogens with zero attached hydrogens (tertiary/aromatic N) is 1. The van der Waals surface area contributed by atoms with Crippen LogP contribution in [0, 0.1) is 6.92 Å². The molecule has 148 valence electrons. The third-order valence-electron chi connectivity index (χ3n) is 4.04. The Morgan fingerprint density at radius 1 is 1.23 bits per heavy atom. The molecule has 0 unspecified atom stereocenters. The van der Waals surface area contributed by atoms with E-state index in [4.69, 9.17) is 10.5 Å². The number of Topliss-reactive ketones (excluding diaryl/α,β-unsaturated/α-hetero) is 1. The normalized spacial score (nSPS) is 10.3. The van der Waals surface area contributed by atoms with Crippen molar-refractivity contribution >= 4 is 24.2 Å². The first kappa shape index (κ1) is 24.1. The highest BCUT2D eigenvalue weighted by Gasteiger charge is 2.15. The van der Waals surface area contributed by atoms with Gasteiger partial charge in [-0.05, 0) is 13.3 Å². The first-order chi connectivity index (χ1) is 11.9. The number of aryl methyl sites for hydroxylation is 1. The molecule has 0 radical (unpaired) electrons. The molecular weight excluding hydrogens is 360 g/mol. The number of aromatic hydroxyl groups is 1. The van der Waals surface area contributed by atoms with E-state index in [-0.39, 0.29) is 44.2 Å². The summed E-state index contributed by atoms with van der Waals surface area (Å²) < 4.78 is 6.94. The molecule has 1 rings (SSSR count). The van der Waals surface area contributed by atoms with Crippen LogP contribution in [0.1, 0.15) is 56.8 Å². The number of rotatable bonds is 11. The number of ketones is 1. The second kappa shape index (κ2) is 12.5. The van der Waals surface area contributed by atoms with E-state index in [1.54, 1.807) is 6.92 Å². The van der Waals surface area contributed by atoms with Gasteiger partial charge in [0.25, 0.3) is 0 Å². The van der Waals surface area contributed by atoms with Crippen molar-refractivity contribution in [1.29, 1.82) is 0 Å². The van der Waals surface area contributed by atoms with Crippen molar-refractivity contribution in [2.24, 2.45) is 5.73 Å². The van der Waals surface area contributed by atoms with Crippen LogP contribution in [0.4, 0.5) is 0 Å². The van der Waals surface area contributed by atoms with Crippen molar-refractivity contribution < 1.29 is 19.4 Å². The second-order valence-corrected chi connectivity index (χ2v) is 6.06. The van der Waals surface area contributed by atoms with E-state index in [1.807, 2.05) is 4.57 Å². The lowest BCUT2D eigenvalue weighted by Crippen LogP contribution is -2.19. The van der Waals surface area contributed by atoms with Gasteiger partial charge >= 0.3 is 5.97 Å². The predicted octanol–water partition coefficient (Wildman–Crippen LogP) is 2.22. The summed E-state index contributed by atoms with van der Waals surface area (Å²) in [6, 6.07) is 1.38. The van der Waals surface area contributed by atoms with E-state index in [0.717, 1.165) is 25.7 Å². The van der Waals surface area contributed by atoms with Crippen LogP contribution in [0.25, 0.3) is 0 Å². The Kier molecular flexibility index (Phi) is 11.6. The Morgan fingerprint density at radius 3 is 2.54 bits per heavy atom. The van der Waals surface area contributed by atoms with Crippen molar-refractivity contribution in [3.8, 4) is 5.75 Å². The Hall–Kier alpha value is -1.86. The summed E-state index contributed by atoms with van der Waals surface area (Å²) >= 11 is 0. The van der Waals surface area contributed by atoms with E-state index in [9.17, 15) is 19.5 Å². The van der Waals surface area contributed by atoms with Gasteiger partial charge in [-0.15, -0.1) is 12.4 Å². The van der Waals surface area contributed by atoms with Gasteiger partial charge in [-0.25, -0.2) is 0 Å². The van der Waals surface area contributed by atoms with Crippen LogP contribution in [-0.4, -0.2) is 28.0 Å². The van der Waals surface area contributed by atoms with E-state index >= 15 is 0 Å². The minimum atomic E-state index is -0.562. The molecule has 0 aliphatic carbocycles. The molecule has 0 amide bonds. The highest BCUT2D eigenvalue weighted by molar-refractivity contribution is 5.85. The summed E-state index contributed by atoms with van der Waals surface area (Å²) in [5.74, 6) is -1.18. The van der Waals surface area contributed by atoms with E-state index in [0.29, 0.717) is 17.9 Å². The van der Waals surface area contributed by atoms with Crippen LogP contribution in [-0.2, 0) is 27.5 Å². The van der Waals surface area contributed by atoms with Gasteiger partial charge < -0.3 is 20.1 Å². The Balaban J connectivity index is 0.00000625. The molecule has 0 spiro atoms. The molecule has 0 saturated carbocycles. The summed E-state index contributed by atoms with van der Waals surface area (Å²) in [5.41, 5.74) is 5.70. The Bertz CT molecular complexity index is 658. The van der Waals surface area contributed by atoms with E-state index in [2.05, 4.69) is 6.92 Å². The Morgan fingerprint density at radius 2 is 1.92 bits per heavy atom. The molecule has 0 atom stereocenters. The van der Waals surface area contributed by atoms with Crippen molar-refractivity contribution in [2.45, 2.75) is 65.5 Å². The smallest absolute Gasteiger partial charge is 0.306 e. The van der Waals surface area contributed by atoms with Gasteiger partial charge in [-0.2, -0.15) is 0 Å². The van der Waals surface area contributed by atoms with Crippen LogP contribution in [0.2, 0.25) is 0 Å². The standard InChI is InChI=1S/C18H28N2O5.ClH/c1-3-4-5-6-9-20-13(2)10-16(22)18(24)15(20)12-25-17(23)8-7-14(21)11-19;/h10,24H,3-9,11-12,19H2,1-2H3;1H. The molecule has 0 saturated heterocycles. The van der Waals surface area contributed by atoms with Gasteiger partial charge in [0.1, 0.15) is 18.1 Å². The minimum absolute atomic E-state index is 0. The summed E-state index contributed by atoms with van der Waals surface area (Å²) in [6.45, 7) is 4.23. The van der Waals surface area contributed by atoms with Gasteiger partial charge in [-0.3, -0.25) is 14.4 Å². The first-order valence-corrected chi connectivity index (χ1v) is 8.70. The summed E-state index contributed by atoms with van der Waals surface area (Å²) in [6.07, 6.45) is 4.14. The Labute approximate surface area is 159 Å². The zero-order chi connectivity index (χ0) is 18.8. The molecule has 0 aliphatic heterocycles. The number of hydrogen-bond acceptors (Lipinski definition) is 6. The number of hydrogen-bond donors (Lipinski definition) is 2. The lowest BCUT2D eigenvalue weighted by atomic mass is 10.2. The molecule has 1 heterocycles. The number of halogens is 1. The molecule has 1 aromatic rings. The molecule has 7 nitrogen and oxygen atoms in total. The molecule has 26 heavy (non-hydrogen) atoms. The van der Waals surface area contributed by atoms with Crippen molar-refractivity contribution in [2.75, 3.05) is 6.54 Å². The number of unbranched alkanes of at least 4 members (excludes halogenated alkanes) is 3. The highest BCUT2D eigenvalue weighted by atomic mass is 35.5. The second-order valence-electron chi connectivity index (χ2n) is 6.06. The molecular formula is C18H29ClN2O5. The third-order valence-corrected chi connectivity index (χ3v) is 4.04. The first-order valence-electron chi connectivity index (χ1n) is 8.70. The number of carbonyl (C=O) groups is 2. The highest BCUT2D eigenvalue weighted by Crippen LogP contribution is 2.17. The lowest BCUT2D eigenvalue weighted by Gasteiger charge is -2.18. The van der Waals surface area contributed by atoms with Crippen LogP contribution in [0.5, 0.6) is 5.75 Å². The molecule has 0 aliphatic rings. The predicted molar refractivity (Wildman–Crippen MR) is 102 cm³/mol. The quantitative estimate of drug-likeness (QED) is 0.444. The number of ether oxygens (including phenoxy) is 1. The molecule has 0 aromatic carbocycles. The lowest BCUT2D eigenvalue weighted by molar-refractivity contribution is -0.146. The monoisotopic (exact) mass is 388 g/mol. The van der Waals surface area contributed by atoms with Crippen LogP contribution >= 0.6 is 12.4 Å². The number of nitrogens with two attached hydrogens (primary N) is 1. The maximum atomic E-state index is 11.8. The van der Waals surface area contributed by atoms with Gasteiger partial charge in [0.15, 0.2) is 5.75 Å². The number of pyridine rings is 1. The van der Waals surface area contributed by atoms with Crippen molar-refractivity contribution in [3.05, 3.63) is 27.7 Å². The SMILES string of the molecule is CCCCCCn1c(C)cc(=O)c(O)c1COC(=O)CCC(=O)CN.Cl. The third kappa shape index (κ3) is 7.58. The number of carbonyl (C=O) groups excluding carboxylic acids is 2. The van der Waals surface area contributed by atoms with Crippen molar-refractivity contribution in [1.82, 2.24) is 4.57 Å². The average molecular weight is 389 g/mol. The molecule has 0 fully saturated rings. The molecule has 3 N–H and O–H groups in total. The fraction of sp³-hybridized carbons (Fsp3) is 0.611. The van der Waals surface area contributed by atoms with E-state index in [1.165, 1.54) is 6.07 Å². The molecule has 1 aromatic heterocycles. The van der Waals surface area contributed by atoms with Crippen LogP contribution < -0.4 is 11.2 Å². The maximum absolute atomic E-state index is 11.8. The fourth-order valence-corrected chi connectivity index (χ4v) is 2.54. The largest absolute Gasteiger partial charge is 0.503 e. The molecule has 0 bridgehead atoms. The summed E-state index contributed by atoms with van der Waals surface area (Å²) in [4.78, 5) is 34.7. The zero-order valence-corrected chi connectivity index (χ0v) is 16.3. The average Bonchev–Trinajstić information content (AvgIpc) is 2.59. The van der Waals surface area contributed by atoms with Crippen LogP contribution in [0.15, 0.2) is 10.9 Å². The van der Waals surface area contributed by atoms with Gasteiger partial charge in [0, 0.05) is 24.7 Å². The van der Waals surface area contributed by atoms with Crippen LogP contribution in [0.3, 0.4) is 0 Å². The summed E-state index contributed by atoms with van der Waals surface area (Å²) in [5, 5.41) is 10.1. The number of esters is 1.